The molecular formula is C12H18N2OS. The molecule has 0 aliphatic heterocycles. The van der Waals surface area contributed by atoms with Gasteiger partial charge >= 0.3 is 0 Å². The van der Waals surface area contributed by atoms with Crippen molar-refractivity contribution in [1.82, 2.24) is 4.90 Å². The number of anilines is 1. The van der Waals surface area contributed by atoms with Crippen molar-refractivity contribution in [3.8, 4) is 0 Å². The van der Waals surface area contributed by atoms with Crippen molar-refractivity contribution in [2.75, 3.05) is 18.8 Å². The van der Waals surface area contributed by atoms with Gasteiger partial charge in [-0.1, -0.05) is 0 Å². The normalized spacial score (nSPS) is 15.1. The molecule has 1 aliphatic carbocycles. The number of thiophene rings is 1. The Labute approximate surface area is 100 Å². The molecule has 1 aromatic heterocycles. The van der Waals surface area contributed by atoms with Crippen molar-refractivity contribution in [1.29, 1.82) is 0 Å². The van der Waals surface area contributed by atoms with E-state index in [-0.39, 0.29) is 5.91 Å². The van der Waals surface area contributed by atoms with Crippen LogP contribution in [0.5, 0.6) is 0 Å². The van der Waals surface area contributed by atoms with Gasteiger partial charge in [0, 0.05) is 13.1 Å². The fourth-order valence-electron chi connectivity index (χ4n) is 1.98. The van der Waals surface area contributed by atoms with Crippen LogP contribution in [-0.4, -0.2) is 23.9 Å². The molecule has 4 heteroatoms. The van der Waals surface area contributed by atoms with Crippen molar-refractivity contribution < 1.29 is 4.79 Å². The molecule has 0 bridgehead atoms. The molecule has 3 nitrogen and oxygen atoms in total. The molecule has 16 heavy (non-hydrogen) atoms. The molecule has 1 saturated carbocycles. The summed E-state index contributed by atoms with van der Waals surface area (Å²) in [5.41, 5.74) is 7.88. The number of nitrogens with two attached hydrogens (primary N) is 1. The number of nitrogen functional groups attached to an aromatic ring is 1. The van der Waals surface area contributed by atoms with Gasteiger partial charge in [-0.2, -0.15) is 0 Å². The second-order valence-corrected chi connectivity index (χ2v) is 5.09. The maximum atomic E-state index is 12.3. The maximum absolute atomic E-state index is 12.3. The van der Waals surface area contributed by atoms with Gasteiger partial charge in [-0.3, -0.25) is 4.79 Å². The Morgan fingerprint density at radius 3 is 2.62 bits per heavy atom. The maximum Gasteiger partial charge on any atom is 0.257 e. The van der Waals surface area contributed by atoms with E-state index in [4.69, 9.17) is 5.73 Å². The molecule has 2 rings (SSSR count). The lowest BCUT2D eigenvalue weighted by atomic mass is 10.1. The van der Waals surface area contributed by atoms with Crippen LogP contribution in [0.1, 0.15) is 48.5 Å². The summed E-state index contributed by atoms with van der Waals surface area (Å²) in [6.07, 6.45) is 2.41. The van der Waals surface area contributed by atoms with Crippen molar-refractivity contribution in [3.63, 3.8) is 0 Å². The summed E-state index contributed by atoms with van der Waals surface area (Å²) < 4.78 is 0. The van der Waals surface area contributed by atoms with E-state index in [0.29, 0.717) is 10.9 Å². The fraction of sp³-hybridized carbons (Fsp3) is 0.583. The lowest BCUT2D eigenvalue weighted by Gasteiger charge is -2.19. The van der Waals surface area contributed by atoms with Gasteiger partial charge in [-0.05, 0) is 43.6 Å². The molecule has 0 aromatic carbocycles. The molecule has 0 saturated heterocycles. The van der Waals surface area contributed by atoms with Crippen LogP contribution in [-0.2, 0) is 0 Å². The molecule has 0 radical (unpaired) electrons. The number of carbonyl (C=O) groups is 1. The SMILES string of the molecule is CCN(CC)C(=O)c1c(C2CC2)csc1N. The Hall–Kier alpha value is -1.03. The predicted molar refractivity (Wildman–Crippen MR) is 68.0 cm³/mol. The van der Waals surface area contributed by atoms with E-state index in [0.717, 1.165) is 18.7 Å². The highest BCUT2D eigenvalue weighted by atomic mass is 32.1. The monoisotopic (exact) mass is 238 g/mol. The molecular weight excluding hydrogens is 220 g/mol. The summed E-state index contributed by atoms with van der Waals surface area (Å²) in [6, 6.07) is 0. The predicted octanol–water partition coefficient (Wildman–Crippen LogP) is 2.69. The Morgan fingerprint density at radius 1 is 1.50 bits per heavy atom. The molecule has 0 spiro atoms. The highest BCUT2D eigenvalue weighted by molar-refractivity contribution is 7.14. The second kappa shape index (κ2) is 4.45. The van der Waals surface area contributed by atoms with E-state index >= 15 is 0 Å². The van der Waals surface area contributed by atoms with Crippen molar-refractivity contribution in [2.45, 2.75) is 32.6 Å². The second-order valence-electron chi connectivity index (χ2n) is 4.18. The number of rotatable bonds is 4. The van der Waals surface area contributed by atoms with Gasteiger partial charge in [-0.25, -0.2) is 0 Å². The van der Waals surface area contributed by atoms with Crippen LogP contribution in [0.2, 0.25) is 0 Å². The van der Waals surface area contributed by atoms with Crippen molar-refractivity contribution >= 4 is 22.2 Å². The largest absolute Gasteiger partial charge is 0.390 e. The molecule has 88 valence electrons. The van der Waals surface area contributed by atoms with E-state index in [1.165, 1.54) is 29.7 Å². The molecule has 2 N–H and O–H groups in total. The number of amides is 1. The highest BCUT2D eigenvalue weighted by Gasteiger charge is 2.31. The van der Waals surface area contributed by atoms with Crippen molar-refractivity contribution in [3.05, 3.63) is 16.5 Å². The molecule has 1 fully saturated rings. The molecule has 1 aromatic rings. The Kier molecular flexibility index (Phi) is 3.19. The number of nitrogens with zero attached hydrogens (tertiary/aromatic N) is 1. The average molecular weight is 238 g/mol. The zero-order valence-electron chi connectivity index (χ0n) is 9.82. The summed E-state index contributed by atoms with van der Waals surface area (Å²) in [6.45, 7) is 5.49. The van der Waals surface area contributed by atoms with Gasteiger partial charge < -0.3 is 10.6 Å². The van der Waals surface area contributed by atoms with Crippen LogP contribution in [0.4, 0.5) is 5.00 Å². The van der Waals surface area contributed by atoms with E-state index in [9.17, 15) is 4.79 Å². The van der Waals surface area contributed by atoms with E-state index in [2.05, 4.69) is 5.38 Å². The summed E-state index contributed by atoms with van der Waals surface area (Å²) in [4.78, 5) is 14.1. The van der Waals surface area contributed by atoms with Crippen LogP contribution >= 0.6 is 11.3 Å². The van der Waals surface area contributed by atoms with E-state index in [1.807, 2.05) is 18.7 Å². The van der Waals surface area contributed by atoms with Gasteiger partial charge in [0.15, 0.2) is 0 Å². The van der Waals surface area contributed by atoms with Crippen molar-refractivity contribution in [2.24, 2.45) is 0 Å². The third kappa shape index (κ3) is 1.94. The fourth-order valence-corrected chi connectivity index (χ4v) is 2.87. The van der Waals surface area contributed by atoms with Crippen LogP contribution in [0.25, 0.3) is 0 Å². The quantitative estimate of drug-likeness (QED) is 0.876. The van der Waals surface area contributed by atoms with Gasteiger partial charge in [0.05, 0.1) is 10.6 Å². The summed E-state index contributed by atoms with van der Waals surface area (Å²) in [7, 11) is 0. The van der Waals surface area contributed by atoms with Gasteiger partial charge in [0.2, 0.25) is 0 Å². The lowest BCUT2D eigenvalue weighted by Crippen LogP contribution is -2.31. The third-order valence-electron chi connectivity index (χ3n) is 3.13. The molecule has 1 amide bonds. The minimum Gasteiger partial charge on any atom is -0.390 e. The average Bonchev–Trinajstić information content (AvgIpc) is 3.04. The minimum absolute atomic E-state index is 0.102. The minimum atomic E-state index is 0.102. The van der Waals surface area contributed by atoms with E-state index in [1.54, 1.807) is 0 Å². The van der Waals surface area contributed by atoms with Gasteiger partial charge in [-0.15, -0.1) is 11.3 Å². The first-order valence-corrected chi connectivity index (χ1v) is 6.73. The molecule has 0 atom stereocenters. The smallest absolute Gasteiger partial charge is 0.257 e. The van der Waals surface area contributed by atoms with Crippen LogP contribution < -0.4 is 5.73 Å². The van der Waals surface area contributed by atoms with Crippen LogP contribution in [0.3, 0.4) is 0 Å². The molecule has 0 unspecified atom stereocenters. The first-order chi connectivity index (χ1) is 7.69. The first-order valence-electron chi connectivity index (χ1n) is 5.85. The zero-order chi connectivity index (χ0) is 11.7. The Bertz CT molecular complexity index is 392. The zero-order valence-corrected chi connectivity index (χ0v) is 10.6. The Morgan fingerprint density at radius 2 is 2.12 bits per heavy atom. The topological polar surface area (TPSA) is 46.3 Å². The summed E-state index contributed by atoms with van der Waals surface area (Å²) >= 11 is 1.50. The van der Waals surface area contributed by atoms with Gasteiger partial charge in [0.1, 0.15) is 0 Å². The molecule has 1 aliphatic rings. The number of hydrogen-bond acceptors (Lipinski definition) is 3. The van der Waals surface area contributed by atoms with Crippen LogP contribution in [0, 0.1) is 0 Å². The highest BCUT2D eigenvalue weighted by Crippen LogP contribution is 2.45. The van der Waals surface area contributed by atoms with Gasteiger partial charge in [0.25, 0.3) is 5.91 Å². The summed E-state index contributed by atoms with van der Waals surface area (Å²) in [5, 5.41) is 2.74. The summed E-state index contributed by atoms with van der Waals surface area (Å²) in [5.74, 6) is 0.689. The number of carbonyl (C=O) groups excluding carboxylic acids is 1. The Balaban J connectivity index is 2.30. The molecule has 1 heterocycles. The standard InChI is InChI=1S/C12H18N2OS/c1-3-14(4-2)12(15)10-9(8-5-6-8)7-16-11(10)13/h7-8H,3-6,13H2,1-2H3. The first kappa shape index (κ1) is 11.5. The van der Waals surface area contributed by atoms with Crippen LogP contribution in [0.15, 0.2) is 5.38 Å². The van der Waals surface area contributed by atoms with E-state index < -0.39 is 0 Å². The number of hydrogen-bond donors (Lipinski definition) is 1. The third-order valence-corrected chi connectivity index (χ3v) is 3.96. The lowest BCUT2D eigenvalue weighted by molar-refractivity contribution is 0.0773.